The van der Waals surface area contributed by atoms with E-state index in [0.717, 1.165) is 44.7 Å². The molecule has 0 spiro atoms. The van der Waals surface area contributed by atoms with E-state index in [2.05, 4.69) is 78.1 Å². The van der Waals surface area contributed by atoms with E-state index >= 15 is 0 Å². The Morgan fingerprint density at radius 1 is 0.581 bits per heavy atom. The molecule has 1 heterocycles. The summed E-state index contributed by atoms with van der Waals surface area (Å²) in [7, 11) is 0. The molecule has 3 nitrogen and oxygen atoms in total. The molecule has 0 saturated carbocycles. The standard InChI is InChI=1S/C28H19N3/c29-19-20-5-7-21(8-6-20)22-9-14-25(15-10-22)30-26-16-11-24(12-17-26)28-18-13-23-3-1-2-4-27(23)31-28/h1-18,30H. The van der Waals surface area contributed by atoms with Crippen LogP contribution in [0, 0.1) is 11.3 Å². The smallest absolute Gasteiger partial charge is 0.0991 e. The average Bonchev–Trinajstić information content (AvgIpc) is 2.85. The first-order valence-corrected chi connectivity index (χ1v) is 10.1. The van der Waals surface area contributed by atoms with Crippen molar-refractivity contribution in [3.05, 3.63) is 115 Å². The lowest BCUT2D eigenvalue weighted by molar-refractivity contribution is 1.40. The van der Waals surface area contributed by atoms with Crippen molar-refractivity contribution in [2.45, 2.75) is 0 Å². The molecule has 1 N–H and O–H groups in total. The highest BCUT2D eigenvalue weighted by molar-refractivity contribution is 5.81. The van der Waals surface area contributed by atoms with E-state index in [-0.39, 0.29) is 0 Å². The first kappa shape index (κ1) is 18.6. The molecule has 3 heteroatoms. The maximum atomic E-state index is 8.94. The molecule has 0 atom stereocenters. The molecule has 0 saturated heterocycles. The number of benzene rings is 4. The summed E-state index contributed by atoms with van der Waals surface area (Å²) in [6.07, 6.45) is 0. The molecule has 1 aromatic heterocycles. The zero-order chi connectivity index (χ0) is 21.0. The minimum absolute atomic E-state index is 0.671. The predicted molar refractivity (Wildman–Crippen MR) is 127 cm³/mol. The van der Waals surface area contributed by atoms with E-state index in [4.69, 9.17) is 10.2 Å². The summed E-state index contributed by atoms with van der Waals surface area (Å²) in [5.41, 5.74) is 7.99. The van der Waals surface area contributed by atoms with E-state index in [1.165, 1.54) is 0 Å². The number of para-hydroxylation sites is 1. The lowest BCUT2D eigenvalue weighted by Gasteiger charge is -2.09. The normalized spacial score (nSPS) is 10.5. The molecular weight excluding hydrogens is 378 g/mol. The molecule has 4 aromatic carbocycles. The molecule has 0 aliphatic carbocycles. The summed E-state index contributed by atoms with van der Waals surface area (Å²) in [5.74, 6) is 0. The van der Waals surface area contributed by atoms with Crippen molar-refractivity contribution < 1.29 is 0 Å². The molecule has 0 aliphatic heterocycles. The Morgan fingerprint density at radius 3 is 1.81 bits per heavy atom. The summed E-state index contributed by atoms with van der Waals surface area (Å²) in [6, 6.07) is 38.7. The van der Waals surface area contributed by atoms with Crippen LogP contribution in [-0.4, -0.2) is 4.98 Å². The molecular formula is C28H19N3. The van der Waals surface area contributed by atoms with Gasteiger partial charge in [-0.05, 0) is 59.7 Å². The van der Waals surface area contributed by atoms with E-state index in [1.54, 1.807) is 0 Å². The van der Waals surface area contributed by atoms with Crippen molar-refractivity contribution in [3.8, 4) is 28.5 Å². The van der Waals surface area contributed by atoms with Gasteiger partial charge in [-0.25, -0.2) is 4.98 Å². The number of fused-ring (bicyclic) bond motifs is 1. The number of nitrogens with one attached hydrogen (secondary N) is 1. The van der Waals surface area contributed by atoms with Gasteiger partial charge in [0.25, 0.3) is 0 Å². The topological polar surface area (TPSA) is 48.7 Å². The monoisotopic (exact) mass is 397 g/mol. The number of rotatable bonds is 4. The number of pyridine rings is 1. The number of nitrogens with zero attached hydrogens (tertiary/aromatic N) is 2. The lowest BCUT2D eigenvalue weighted by atomic mass is 10.0. The maximum Gasteiger partial charge on any atom is 0.0991 e. The summed E-state index contributed by atoms with van der Waals surface area (Å²) in [5, 5.41) is 13.5. The second-order valence-electron chi connectivity index (χ2n) is 7.36. The van der Waals surface area contributed by atoms with Crippen LogP contribution in [-0.2, 0) is 0 Å². The Bertz CT molecular complexity index is 1380. The van der Waals surface area contributed by atoms with Gasteiger partial charge in [0.05, 0.1) is 22.8 Å². The zero-order valence-electron chi connectivity index (χ0n) is 16.8. The van der Waals surface area contributed by atoms with Crippen LogP contribution in [0.5, 0.6) is 0 Å². The quantitative estimate of drug-likeness (QED) is 0.349. The number of anilines is 2. The molecule has 5 rings (SSSR count). The Morgan fingerprint density at radius 2 is 1.16 bits per heavy atom. The second kappa shape index (κ2) is 8.14. The highest BCUT2D eigenvalue weighted by Gasteiger charge is 2.03. The molecule has 0 amide bonds. The third-order valence-corrected chi connectivity index (χ3v) is 5.30. The molecule has 0 unspecified atom stereocenters. The van der Waals surface area contributed by atoms with E-state index in [1.807, 2.05) is 42.5 Å². The maximum absolute atomic E-state index is 8.94. The SMILES string of the molecule is N#Cc1ccc(-c2ccc(Nc3ccc(-c4ccc5ccccc5n4)cc3)cc2)cc1. The van der Waals surface area contributed by atoms with Gasteiger partial charge in [-0.15, -0.1) is 0 Å². The van der Waals surface area contributed by atoms with Crippen LogP contribution < -0.4 is 5.32 Å². The molecule has 0 aliphatic rings. The lowest BCUT2D eigenvalue weighted by Crippen LogP contribution is -1.91. The van der Waals surface area contributed by atoms with E-state index in [9.17, 15) is 0 Å². The molecule has 0 bridgehead atoms. The fourth-order valence-electron chi connectivity index (χ4n) is 3.60. The average molecular weight is 397 g/mol. The van der Waals surface area contributed by atoms with Crippen LogP contribution >= 0.6 is 0 Å². The van der Waals surface area contributed by atoms with Gasteiger partial charge in [-0.1, -0.05) is 60.7 Å². The largest absolute Gasteiger partial charge is 0.356 e. The number of aromatic nitrogens is 1. The van der Waals surface area contributed by atoms with Crippen LogP contribution in [0.15, 0.2) is 109 Å². The predicted octanol–water partition coefficient (Wildman–Crippen LogP) is 7.18. The van der Waals surface area contributed by atoms with Crippen LogP contribution in [0.25, 0.3) is 33.3 Å². The van der Waals surface area contributed by atoms with Gasteiger partial charge < -0.3 is 5.32 Å². The third kappa shape index (κ3) is 4.01. The Labute approximate surface area is 181 Å². The minimum Gasteiger partial charge on any atom is -0.356 e. The summed E-state index contributed by atoms with van der Waals surface area (Å²) < 4.78 is 0. The number of hydrogen-bond acceptors (Lipinski definition) is 3. The molecule has 5 aromatic rings. The van der Waals surface area contributed by atoms with Crippen LogP contribution in [0.1, 0.15) is 5.56 Å². The van der Waals surface area contributed by atoms with Crippen molar-refractivity contribution in [1.29, 1.82) is 5.26 Å². The third-order valence-electron chi connectivity index (χ3n) is 5.30. The highest BCUT2D eigenvalue weighted by atomic mass is 14.9. The summed E-state index contributed by atoms with van der Waals surface area (Å²) >= 11 is 0. The fraction of sp³-hybridized carbons (Fsp3) is 0. The zero-order valence-corrected chi connectivity index (χ0v) is 16.8. The van der Waals surface area contributed by atoms with Crippen LogP contribution in [0.2, 0.25) is 0 Å². The fourth-order valence-corrected chi connectivity index (χ4v) is 3.60. The molecule has 0 radical (unpaired) electrons. The molecule has 0 fully saturated rings. The minimum atomic E-state index is 0.671. The Hall–Kier alpha value is -4.42. The summed E-state index contributed by atoms with van der Waals surface area (Å²) in [6.45, 7) is 0. The van der Waals surface area contributed by atoms with Crippen molar-refractivity contribution >= 4 is 22.3 Å². The van der Waals surface area contributed by atoms with Gasteiger partial charge in [-0.3, -0.25) is 0 Å². The van der Waals surface area contributed by atoms with Crippen molar-refractivity contribution in [2.75, 3.05) is 5.32 Å². The number of hydrogen-bond donors (Lipinski definition) is 1. The first-order valence-electron chi connectivity index (χ1n) is 10.1. The van der Waals surface area contributed by atoms with Gasteiger partial charge in [0.2, 0.25) is 0 Å². The van der Waals surface area contributed by atoms with Crippen LogP contribution in [0.4, 0.5) is 11.4 Å². The van der Waals surface area contributed by atoms with Gasteiger partial charge in [-0.2, -0.15) is 5.26 Å². The summed E-state index contributed by atoms with van der Waals surface area (Å²) in [4.78, 5) is 4.77. The first-order chi connectivity index (χ1) is 15.3. The highest BCUT2D eigenvalue weighted by Crippen LogP contribution is 2.26. The van der Waals surface area contributed by atoms with Gasteiger partial charge in [0.1, 0.15) is 0 Å². The van der Waals surface area contributed by atoms with Gasteiger partial charge in [0.15, 0.2) is 0 Å². The van der Waals surface area contributed by atoms with Crippen LogP contribution in [0.3, 0.4) is 0 Å². The number of nitriles is 1. The Balaban J connectivity index is 1.31. The van der Waals surface area contributed by atoms with Crippen molar-refractivity contribution in [1.82, 2.24) is 4.98 Å². The molecule has 146 valence electrons. The molecule has 31 heavy (non-hydrogen) atoms. The Kier molecular flexibility index (Phi) is 4.88. The second-order valence-corrected chi connectivity index (χ2v) is 7.36. The van der Waals surface area contributed by atoms with Gasteiger partial charge in [0, 0.05) is 22.3 Å². The van der Waals surface area contributed by atoms with E-state index < -0.39 is 0 Å². The van der Waals surface area contributed by atoms with Crippen molar-refractivity contribution in [2.24, 2.45) is 0 Å². The van der Waals surface area contributed by atoms with Crippen molar-refractivity contribution in [3.63, 3.8) is 0 Å². The van der Waals surface area contributed by atoms with Gasteiger partial charge >= 0.3 is 0 Å². The van der Waals surface area contributed by atoms with E-state index in [0.29, 0.717) is 5.56 Å².